The lowest BCUT2D eigenvalue weighted by molar-refractivity contribution is -0.155. The monoisotopic (exact) mass is 467 g/mol. The first-order chi connectivity index (χ1) is 13.9. The van der Waals surface area contributed by atoms with Gasteiger partial charge in [0.25, 0.3) is 0 Å². The van der Waals surface area contributed by atoms with Gasteiger partial charge in [-0.3, -0.25) is 0 Å². The smallest absolute Gasteiger partial charge is 0.0638 e. The Morgan fingerprint density at radius 3 is 0.727 bits per heavy atom. The van der Waals surface area contributed by atoms with Gasteiger partial charge < -0.3 is 4.74 Å². The van der Waals surface area contributed by atoms with Gasteiger partial charge in [0, 0.05) is 0 Å². The zero-order chi connectivity index (χ0) is 26.9. The summed E-state index contributed by atoms with van der Waals surface area (Å²) in [4.78, 5) is 0. The first-order valence-corrected chi connectivity index (χ1v) is 13.7. The zero-order valence-electron chi connectivity index (χ0n) is 26.7. The van der Waals surface area contributed by atoms with Crippen molar-refractivity contribution in [2.24, 2.45) is 32.5 Å². The number of ether oxygens (including phenoxy) is 1. The molecule has 0 aromatic carbocycles. The molecule has 0 bridgehead atoms. The zero-order valence-corrected chi connectivity index (χ0v) is 26.7. The van der Waals surface area contributed by atoms with E-state index < -0.39 is 0 Å². The summed E-state index contributed by atoms with van der Waals surface area (Å²) in [6.07, 6.45) is 7.08. The van der Waals surface area contributed by atoms with Crippen molar-refractivity contribution in [2.45, 2.75) is 174 Å². The molecule has 1 nitrogen and oxygen atoms in total. The highest BCUT2D eigenvalue weighted by atomic mass is 16.5. The average Bonchev–Trinajstić information content (AvgIpc) is 2.20. The van der Waals surface area contributed by atoms with E-state index in [4.69, 9.17) is 4.74 Å². The molecule has 200 valence electrons. The summed E-state index contributed by atoms with van der Waals surface area (Å²) in [7, 11) is 0. The maximum atomic E-state index is 6.93. The van der Waals surface area contributed by atoms with Crippen LogP contribution in [0.5, 0.6) is 0 Å². The van der Waals surface area contributed by atoms with E-state index in [-0.39, 0.29) is 22.0 Å². The second-order valence-electron chi connectivity index (χ2n) is 18.5. The van der Waals surface area contributed by atoms with Gasteiger partial charge in [0.05, 0.1) is 11.2 Å². The molecule has 0 spiro atoms. The van der Waals surface area contributed by atoms with Gasteiger partial charge in [-0.05, 0) is 98.7 Å². The Bertz CT molecular complexity index is 545. The molecule has 1 heteroatoms. The molecule has 0 saturated heterocycles. The fourth-order valence-electron chi connectivity index (χ4n) is 8.84. The van der Waals surface area contributed by atoms with Crippen molar-refractivity contribution in [1.82, 2.24) is 0 Å². The van der Waals surface area contributed by atoms with Crippen LogP contribution in [0.2, 0.25) is 0 Å². The summed E-state index contributed by atoms with van der Waals surface area (Å²) in [5.74, 6) is 0. The molecule has 0 aliphatic heterocycles. The summed E-state index contributed by atoms with van der Waals surface area (Å²) in [5.41, 5.74) is 1.54. The third-order valence-electron chi connectivity index (χ3n) is 6.29. The van der Waals surface area contributed by atoms with E-state index >= 15 is 0 Å². The van der Waals surface area contributed by atoms with Crippen molar-refractivity contribution in [3.63, 3.8) is 0 Å². The minimum Gasteiger partial charge on any atom is -0.370 e. The molecule has 0 N–H and O–H groups in total. The van der Waals surface area contributed by atoms with Gasteiger partial charge >= 0.3 is 0 Å². The summed E-state index contributed by atoms with van der Waals surface area (Å²) < 4.78 is 6.93. The molecule has 33 heavy (non-hydrogen) atoms. The van der Waals surface area contributed by atoms with Crippen LogP contribution >= 0.6 is 0 Å². The van der Waals surface area contributed by atoms with Gasteiger partial charge in [-0.1, -0.05) is 96.9 Å². The van der Waals surface area contributed by atoms with Gasteiger partial charge in [-0.25, -0.2) is 0 Å². The Balaban J connectivity index is 5.27. The Labute approximate surface area is 211 Å². The van der Waals surface area contributed by atoms with Gasteiger partial charge in [-0.15, -0.1) is 0 Å². The van der Waals surface area contributed by atoms with E-state index in [9.17, 15) is 0 Å². The van der Waals surface area contributed by atoms with E-state index in [0.29, 0.717) is 21.7 Å². The van der Waals surface area contributed by atoms with Crippen LogP contribution in [0.3, 0.4) is 0 Å². The van der Waals surface area contributed by atoms with Crippen molar-refractivity contribution in [3.05, 3.63) is 0 Å². The average molecular weight is 467 g/mol. The SMILES string of the molecule is CC(C)(C)CC(C)(C)CC(C)(C)CC(C)(C)OC(C)(C)CC(C)(C)CC(C)(C)CC(C)(C)C. The Morgan fingerprint density at radius 2 is 0.515 bits per heavy atom. The Morgan fingerprint density at radius 1 is 0.303 bits per heavy atom. The quantitative estimate of drug-likeness (QED) is 0.278. The lowest BCUT2D eigenvalue weighted by Crippen LogP contribution is -2.43. The molecule has 0 aromatic heterocycles. The maximum absolute atomic E-state index is 6.93. The van der Waals surface area contributed by atoms with Crippen LogP contribution in [0, 0.1) is 32.5 Å². The first-order valence-electron chi connectivity index (χ1n) is 13.7. The number of hydrogen-bond donors (Lipinski definition) is 0. The second kappa shape index (κ2) is 10.1. The van der Waals surface area contributed by atoms with Gasteiger partial charge in [-0.2, -0.15) is 0 Å². The molecular formula is C32H66O. The number of hydrogen-bond acceptors (Lipinski definition) is 1. The van der Waals surface area contributed by atoms with Crippen molar-refractivity contribution < 1.29 is 4.74 Å². The summed E-state index contributed by atoms with van der Waals surface area (Å²) in [6, 6.07) is 0. The standard InChI is InChI=1S/C32H66O/c1-25(2,3)19-27(7,8)21-29(11,12)23-31(15,16)33-32(17,18)24-30(13,14)22-28(9,10)20-26(4,5)6/h19-24H2,1-18H3. The van der Waals surface area contributed by atoms with Crippen molar-refractivity contribution >= 4 is 0 Å². The van der Waals surface area contributed by atoms with Crippen LogP contribution in [-0.2, 0) is 4.74 Å². The van der Waals surface area contributed by atoms with E-state index in [2.05, 4.69) is 125 Å². The lowest BCUT2D eigenvalue weighted by Gasteiger charge is -2.46. The molecule has 0 saturated carbocycles. The van der Waals surface area contributed by atoms with Gasteiger partial charge in [0.15, 0.2) is 0 Å². The highest BCUT2D eigenvalue weighted by Gasteiger charge is 2.41. The molecule has 0 aromatic rings. The van der Waals surface area contributed by atoms with Crippen LogP contribution in [0.4, 0.5) is 0 Å². The Kier molecular flexibility index (Phi) is 10.1. The number of rotatable bonds is 12. The predicted octanol–water partition coefficient (Wildman–Crippen LogP) is 11.1. The van der Waals surface area contributed by atoms with Gasteiger partial charge in [0.2, 0.25) is 0 Å². The summed E-state index contributed by atoms with van der Waals surface area (Å²) in [6.45, 7) is 42.9. The molecule has 0 rings (SSSR count). The predicted molar refractivity (Wildman–Crippen MR) is 151 cm³/mol. The molecule has 0 unspecified atom stereocenters. The maximum Gasteiger partial charge on any atom is 0.0638 e. The Hall–Kier alpha value is -0.0400. The fourth-order valence-corrected chi connectivity index (χ4v) is 8.84. The summed E-state index contributed by atoms with van der Waals surface area (Å²) in [5, 5.41) is 0. The van der Waals surface area contributed by atoms with E-state index in [1.165, 1.54) is 25.7 Å². The molecule has 0 radical (unpaired) electrons. The summed E-state index contributed by atoms with van der Waals surface area (Å²) >= 11 is 0. The molecular weight excluding hydrogens is 400 g/mol. The molecule has 0 amide bonds. The minimum atomic E-state index is -0.151. The molecule has 0 atom stereocenters. The molecule has 0 aliphatic rings. The highest BCUT2D eigenvalue weighted by molar-refractivity contribution is 4.91. The van der Waals surface area contributed by atoms with Crippen molar-refractivity contribution in [3.8, 4) is 0 Å². The van der Waals surface area contributed by atoms with E-state index in [1.807, 2.05) is 0 Å². The minimum absolute atomic E-state index is 0.151. The van der Waals surface area contributed by atoms with E-state index in [1.54, 1.807) is 0 Å². The van der Waals surface area contributed by atoms with Crippen molar-refractivity contribution in [1.29, 1.82) is 0 Å². The topological polar surface area (TPSA) is 9.23 Å². The lowest BCUT2D eigenvalue weighted by atomic mass is 9.65. The third-order valence-corrected chi connectivity index (χ3v) is 6.29. The second-order valence-corrected chi connectivity index (χ2v) is 18.5. The molecule has 0 heterocycles. The van der Waals surface area contributed by atoms with Gasteiger partial charge in [0.1, 0.15) is 0 Å². The molecule has 0 aliphatic carbocycles. The van der Waals surface area contributed by atoms with Crippen LogP contribution in [0.25, 0.3) is 0 Å². The molecule has 0 fully saturated rings. The van der Waals surface area contributed by atoms with Crippen LogP contribution in [0.1, 0.15) is 163 Å². The van der Waals surface area contributed by atoms with Crippen LogP contribution in [-0.4, -0.2) is 11.2 Å². The third kappa shape index (κ3) is 16.3. The normalized spacial score (nSPS) is 15.8. The first kappa shape index (κ1) is 33.0. The highest BCUT2D eigenvalue weighted by Crippen LogP contribution is 2.48. The fraction of sp³-hybridized carbons (Fsp3) is 1.00. The van der Waals surface area contributed by atoms with Crippen LogP contribution in [0.15, 0.2) is 0 Å². The van der Waals surface area contributed by atoms with Crippen molar-refractivity contribution in [2.75, 3.05) is 0 Å². The van der Waals surface area contributed by atoms with Crippen LogP contribution < -0.4 is 0 Å². The van der Waals surface area contributed by atoms with E-state index in [0.717, 1.165) is 12.8 Å². The largest absolute Gasteiger partial charge is 0.370 e.